The van der Waals surface area contributed by atoms with Crippen molar-refractivity contribution < 1.29 is 0 Å². The zero-order valence-electron chi connectivity index (χ0n) is 35.8. The van der Waals surface area contributed by atoms with Gasteiger partial charge in [0.25, 0.3) is 0 Å². The Labute approximate surface area is 319 Å². The SMILES string of the molecule is CCC(CC)C1CC(C(CC)CC)CC2(C1)C1CC3CCCCC3CC1C1C3C(CC4C5CCCCC5C(CC(C)(C)C)CC43)CC(C(C)C)C12. The molecule has 0 heteroatoms. The molecule has 1 spiro atoms. The van der Waals surface area contributed by atoms with E-state index in [-0.39, 0.29) is 0 Å². The number of rotatable bonds is 8. The van der Waals surface area contributed by atoms with Crippen molar-refractivity contribution in [3.8, 4) is 0 Å². The first kappa shape index (κ1) is 37.9. The fourth-order valence-corrected chi connectivity index (χ4v) is 19.0. The lowest BCUT2D eigenvalue weighted by Crippen LogP contribution is -2.51. The van der Waals surface area contributed by atoms with Crippen LogP contribution in [0.2, 0.25) is 0 Å². The van der Waals surface area contributed by atoms with Crippen LogP contribution in [0.3, 0.4) is 0 Å². The van der Waals surface area contributed by atoms with Gasteiger partial charge in [0.2, 0.25) is 0 Å². The van der Waals surface area contributed by atoms with Crippen LogP contribution >= 0.6 is 0 Å². The molecule has 0 aromatic rings. The van der Waals surface area contributed by atoms with E-state index in [1.165, 1.54) is 38.5 Å². The zero-order chi connectivity index (χ0) is 35.8. The molecule has 292 valence electrons. The minimum atomic E-state index is 0.480. The summed E-state index contributed by atoms with van der Waals surface area (Å²) in [5.41, 5.74) is 1.13. The zero-order valence-corrected chi connectivity index (χ0v) is 35.8. The molecule has 0 aromatic heterocycles. The second-order valence-electron chi connectivity index (χ2n) is 23.6. The van der Waals surface area contributed by atoms with Crippen molar-refractivity contribution in [2.45, 2.75) is 197 Å². The molecule has 0 aliphatic heterocycles. The minimum absolute atomic E-state index is 0.480. The Morgan fingerprint density at radius 2 is 1.12 bits per heavy atom. The highest BCUT2D eigenvalue weighted by Gasteiger charge is 2.71. The molecule has 0 radical (unpaired) electrons. The van der Waals surface area contributed by atoms with Crippen molar-refractivity contribution in [2.24, 2.45) is 123 Å². The van der Waals surface area contributed by atoms with Crippen LogP contribution < -0.4 is 0 Å². The van der Waals surface area contributed by atoms with E-state index >= 15 is 0 Å². The van der Waals surface area contributed by atoms with Gasteiger partial charge in [-0.2, -0.15) is 0 Å². The van der Waals surface area contributed by atoms with E-state index in [4.69, 9.17) is 0 Å². The quantitative estimate of drug-likeness (QED) is 0.236. The van der Waals surface area contributed by atoms with Crippen LogP contribution in [0.25, 0.3) is 0 Å². The summed E-state index contributed by atoms with van der Waals surface area (Å²) in [6, 6.07) is 0. The second kappa shape index (κ2) is 14.8. The molecule has 16 atom stereocenters. The average molecular weight is 701 g/mol. The van der Waals surface area contributed by atoms with Crippen LogP contribution in [-0.2, 0) is 0 Å². The Kier molecular flexibility index (Phi) is 11.0. The summed E-state index contributed by atoms with van der Waals surface area (Å²) in [6.45, 7) is 23.5. The maximum Gasteiger partial charge on any atom is -0.0227 e. The third-order valence-electron chi connectivity index (χ3n) is 20.3. The molecule has 16 unspecified atom stereocenters. The Morgan fingerprint density at radius 3 is 1.71 bits per heavy atom. The first-order valence-corrected chi connectivity index (χ1v) is 24.5. The normalized spacial score (nSPS) is 49.4. The van der Waals surface area contributed by atoms with Crippen LogP contribution in [0, 0.1) is 123 Å². The molecule has 8 aliphatic carbocycles. The topological polar surface area (TPSA) is 0 Å². The van der Waals surface area contributed by atoms with Gasteiger partial charge in [0.1, 0.15) is 0 Å². The summed E-state index contributed by atoms with van der Waals surface area (Å²) >= 11 is 0. The van der Waals surface area contributed by atoms with E-state index in [9.17, 15) is 0 Å². The smallest absolute Gasteiger partial charge is 0.0227 e. The molecule has 51 heavy (non-hydrogen) atoms. The maximum atomic E-state index is 2.73. The van der Waals surface area contributed by atoms with Crippen molar-refractivity contribution in [3.63, 3.8) is 0 Å². The van der Waals surface area contributed by atoms with E-state index in [0.717, 1.165) is 112 Å². The highest BCUT2D eigenvalue weighted by atomic mass is 14.8. The highest BCUT2D eigenvalue weighted by Crippen LogP contribution is 2.77. The molecule has 8 saturated carbocycles. The molecule has 8 fully saturated rings. The fourth-order valence-electron chi connectivity index (χ4n) is 19.0. The summed E-state index contributed by atoms with van der Waals surface area (Å²) in [7, 11) is 0. The molecule has 0 amide bonds. The highest BCUT2D eigenvalue weighted by molar-refractivity contribution is 5.19. The van der Waals surface area contributed by atoms with Crippen molar-refractivity contribution >= 4 is 0 Å². The third-order valence-corrected chi connectivity index (χ3v) is 20.3. The van der Waals surface area contributed by atoms with E-state index in [1.807, 2.05) is 0 Å². The van der Waals surface area contributed by atoms with Gasteiger partial charge >= 0.3 is 0 Å². The molecule has 0 nitrogen and oxygen atoms in total. The molecule has 0 heterocycles. The lowest BCUT2D eigenvalue weighted by atomic mass is 9.47. The van der Waals surface area contributed by atoms with Crippen molar-refractivity contribution in [1.29, 1.82) is 0 Å². The van der Waals surface area contributed by atoms with E-state index in [0.29, 0.717) is 10.8 Å². The number of fused-ring (bicyclic) bond motifs is 12. The number of hydrogen-bond acceptors (Lipinski definition) is 0. The van der Waals surface area contributed by atoms with Crippen molar-refractivity contribution in [3.05, 3.63) is 0 Å². The van der Waals surface area contributed by atoms with Gasteiger partial charge in [0.15, 0.2) is 0 Å². The minimum Gasteiger partial charge on any atom is -0.0651 e. The van der Waals surface area contributed by atoms with E-state index in [1.54, 1.807) is 96.3 Å². The predicted molar refractivity (Wildman–Crippen MR) is 219 cm³/mol. The van der Waals surface area contributed by atoms with Gasteiger partial charge in [-0.25, -0.2) is 0 Å². The average Bonchev–Trinajstić information content (AvgIpc) is 3.60. The van der Waals surface area contributed by atoms with Crippen LogP contribution in [0.15, 0.2) is 0 Å². The standard InChI is InChI=1S/C51H88/c1-10-32(11-2)37-22-38(33(12-3)13-4)30-51(29-37)46-27-35-19-15-14-18-34(35)23-45(46)48-47-36(24-42(31(5)6)49(48)51)25-43-41-21-17-16-20-40(41)39(26-44(43)47)28-50(7,8)9/h31-49H,10-30H2,1-9H3. The second-order valence-corrected chi connectivity index (χ2v) is 23.6. The monoisotopic (exact) mass is 701 g/mol. The lowest BCUT2D eigenvalue weighted by Gasteiger charge is -2.58. The first-order valence-electron chi connectivity index (χ1n) is 24.5. The number of hydrogen-bond donors (Lipinski definition) is 0. The van der Waals surface area contributed by atoms with Crippen LogP contribution in [-0.4, -0.2) is 0 Å². The lowest BCUT2D eigenvalue weighted by molar-refractivity contribution is -0.0942. The fraction of sp³-hybridized carbons (Fsp3) is 1.00. The Bertz CT molecular complexity index is 1130. The maximum absolute atomic E-state index is 2.73. The predicted octanol–water partition coefficient (Wildman–Crippen LogP) is 15.1. The molecule has 8 aliphatic rings. The van der Waals surface area contributed by atoms with Gasteiger partial charge in [0, 0.05) is 0 Å². The van der Waals surface area contributed by atoms with Crippen LogP contribution in [0.5, 0.6) is 0 Å². The largest absolute Gasteiger partial charge is 0.0651 e. The molecule has 0 saturated heterocycles. The summed E-state index contributed by atoms with van der Waals surface area (Å²) in [5, 5.41) is 0. The van der Waals surface area contributed by atoms with E-state index < -0.39 is 0 Å². The van der Waals surface area contributed by atoms with Gasteiger partial charge in [-0.1, -0.05) is 127 Å². The summed E-state index contributed by atoms with van der Waals surface area (Å²) < 4.78 is 0. The van der Waals surface area contributed by atoms with Crippen molar-refractivity contribution in [1.82, 2.24) is 0 Å². The van der Waals surface area contributed by atoms with Gasteiger partial charge < -0.3 is 0 Å². The molecular weight excluding hydrogens is 613 g/mol. The van der Waals surface area contributed by atoms with Gasteiger partial charge in [0.05, 0.1) is 0 Å². The first-order chi connectivity index (χ1) is 24.5. The Balaban J connectivity index is 1.25. The summed E-state index contributed by atoms with van der Waals surface area (Å²) in [5.74, 6) is 19.7. The molecule has 0 aromatic carbocycles. The van der Waals surface area contributed by atoms with Gasteiger partial charge in [-0.05, 0) is 194 Å². The Hall–Kier alpha value is 0. The third kappa shape index (κ3) is 6.51. The summed E-state index contributed by atoms with van der Waals surface area (Å²) in [4.78, 5) is 0. The Morgan fingerprint density at radius 1 is 0.549 bits per heavy atom. The van der Waals surface area contributed by atoms with Crippen molar-refractivity contribution in [2.75, 3.05) is 0 Å². The van der Waals surface area contributed by atoms with Gasteiger partial charge in [-0.3, -0.25) is 0 Å². The molecule has 0 bridgehead atoms. The molecule has 0 N–H and O–H groups in total. The summed E-state index contributed by atoms with van der Waals surface area (Å²) in [6.07, 6.45) is 32.9. The van der Waals surface area contributed by atoms with E-state index in [2.05, 4.69) is 62.3 Å². The van der Waals surface area contributed by atoms with Crippen LogP contribution in [0.4, 0.5) is 0 Å². The van der Waals surface area contributed by atoms with Gasteiger partial charge in [-0.15, -0.1) is 0 Å². The molecular formula is C51H88. The van der Waals surface area contributed by atoms with Crippen LogP contribution in [0.1, 0.15) is 197 Å². The molecule has 8 rings (SSSR count).